The van der Waals surface area contributed by atoms with Crippen molar-refractivity contribution >= 4 is 21.6 Å². The van der Waals surface area contributed by atoms with E-state index in [-0.39, 0.29) is 9.92 Å². The summed E-state index contributed by atoms with van der Waals surface area (Å²) in [6.07, 6.45) is -5.09. The third-order valence-corrected chi connectivity index (χ3v) is 5.27. The number of halogens is 4. The van der Waals surface area contributed by atoms with E-state index < -0.39 is 33.9 Å². The van der Waals surface area contributed by atoms with Crippen molar-refractivity contribution in [3.8, 4) is 0 Å². The van der Waals surface area contributed by atoms with Gasteiger partial charge < -0.3 is 5.11 Å². The van der Waals surface area contributed by atoms with Crippen molar-refractivity contribution in [3.05, 3.63) is 65.2 Å². The Morgan fingerprint density at radius 3 is 2.08 bits per heavy atom. The minimum atomic E-state index is -5.09. The van der Waals surface area contributed by atoms with E-state index in [0.29, 0.717) is 0 Å². The van der Waals surface area contributed by atoms with Gasteiger partial charge in [0, 0.05) is 0 Å². The van der Waals surface area contributed by atoms with Crippen molar-refractivity contribution in [1.82, 2.24) is 4.72 Å². The Morgan fingerprint density at radius 2 is 1.54 bits per heavy atom. The van der Waals surface area contributed by atoms with Crippen molar-refractivity contribution < 1.29 is 26.7 Å². The number of hydrogen-bond donors (Lipinski definition) is 2. The smallest absolute Gasteiger partial charge is 0.375 e. The van der Waals surface area contributed by atoms with Gasteiger partial charge in [-0.05, 0) is 17.7 Å². The lowest BCUT2D eigenvalue weighted by Gasteiger charge is -2.31. The highest BCUT2D eigenvalue weighted by molar-refractivity contribution is 7.89. The molecule has 0 fully saturated rings. The Kier molecular flexibility index (Phi) is 5.24. The normalized spacial score (nSPS) is 15.0. The highest BCUT2D eigenvalue weighted by Gasteiger charge is 2.55. The van der Waals surface area contributed by atoms with Gasteiger partial charge in [0.15, 0.2) is 5.60 Å². The molecule has 130 valence electrons. The van der Waals surface area contributed by atoms with Gasteiger partial charge in [0.1, 0.15) is 4.90 Å². The average Bonchev–Trinajstić information content (AvgIpc) is 2.52. The fourth-order valence-electron chi connectivity index (χ4n) is 2.02. The summed E-state index contributed by atoms with van der Waals surface area (Å²) in [4.78, 5) is -0.371. The molecule has 0 aliphatic carbocycles. The van der Waals surface area contributed by atoms with Crippen molar-refractivity contribution in [3.63, 3.8) is 0 Å². The molecule has 0 heterocycles. The lowest BCUT2D eigenvalue weighted by atomic mass is 9.93. The minimum Gasteiger partial charge on any atom is -0.375 e. The van der Waals surface area contributed by atoms with Gasteiger partial charge in [-0.15, -0.1) is 0 Å². The quantitative estimate of drug-likeness (QED) is 0.839. The third kappa shape index (κ3) is 3.72. The Balaban J connectivity index is 2.35. The summed E-state index contributed by atoms with van der Waals surface area (Å²) in [5.41, 5.74) is -3.85. The highest BCUT2D eigenvalue weighted by Crippen LogP contribution is 2.38. The highest BCUT2D eigenvalue weighted by atomic mass is 35.5. The van der Waals surface area contributed by atoms with Crippen LogP contribution in [0.3, 0.4) is 0 Å². The van der Waals surface area contributed by atoms with E-state index >= 15 is 0 Å². The second-order valence-electron chi connectivity index (χ2n) is 4.98. The van der Waals surface area contributed by atoms with Crippen LogP contribution in [0.1, 0.15) is 5.56 Å². The molecule has 2 N–H and O–H groups in total. The van der Waals surface area contributed by atoms with Crippen LogP contribution in [0.5, 0.6) is 0 Å². The molecule has 4 nitrogen and oxygen atoms in total. The molecule has 0 amide bonds. The van der Waals surface area contributed by atoms with Crippen molar-refractivity contribution in [2.24, 2.45) is 0 Å². The van der Waals surface area contributed by atoms with E-state index in [1.165, 1.54) is 36.4 Å². The number of aliphatic hydroxyl groups is 1. The number of rotatable bonds is 5. The summed E-state index contributed by atoms with van der Waals surface area (Å²) in [6.45, 7) is -1.28. The molecule has 0 aromatic heterocycles. The van der Waals surface area contributed by atoms with E-state index in [1.54, 1.807) is 4.72 Å². The van der Waals surface area contributed by atoms with Crippen LogP contribution in [0, 0.1) is 0 Å². The Bertz CT molecular complexity index is 812. The lowest BCUT2D eigenvalue weighted by molar-refractivity contribution is -0.263. The largest absolute Gasteiger partial charge is 0.422 e. The van der Waals surface area contributed by atoms with E-state index in [1.807, 2.05) is 0 Å². The molecule has 9 heteroatoms. The predicted octanol–water partition coefficient (Wildman–Crippen LogP) is 3.07. The van der Waals surface area contributed by atoms with E-state index in [2.05, 4.69) is 0 Å². The van der Waals surface area contributed by atoms with Gasteiger partial charge in [-0.1, -0.05) is 54.1 Å². The second-order valence-corrected chi connectivity index (χ2v) is 7.12. The maximum absolute atomic E-state index is 13.3. The molecule has 0 aliphatic rings. The molecule has 0 radical (unpaired) electrons. The number of alkyl halides is 3. The van der Waals surface area contributed by atoms with Crippen LogP contribution in [-0.4, -0.2) is 26.2 Å². The van der Waals surface area contributed by atoms with Crippen molar-refractivity contribution in [2.45, 2.75) is 16.7 Å². The molecule has 24 heavy (non-hydrogen) atoms. The van der Waals surface area contributed by atoms with Crippen molar-refractivity contribution in [1.29, 1.82) is 0 Å². The Hall–Kier alpha value is -1.61. The van der Waals surface area contributed by atoms with Gasteiger partial charge in [-0.3, -0.25) is 0 Å². The standard InChI is InChI=1S/C15H13ClF3NO3S/c16-12-8-4-5-9-13(12)24(22,23)20-10-14(21,15(17,18)19)11-6-2-1-3-7-11/h1-9,20-21H,10H2/t14-/m0/s1. The first-order valence-electron chi connectivity index (χ1n) is 6.67. The van der Waals surface area contributed by atoms with E-state index in [4.69, 9.17) is 11.6 Å². The number of benzene rings is 2. The van der Waals surface area contributed by atoms with Crippen LogP contribution in [0.15, 0.2) is 59.5 Å². The maximum atomic E-state index is 13.3. The van der Waals surface area contributed by atoms with Crippen LogP contribution in [0.4, 0.5) is 13.2 Å². The zero-order valence-electron chi connectivity index (χ0n) is 12.1. The molecule has 0 saturated carbocycles. The van der Waals surface area contributed by atoms with Gasteiger partial charge in [-0.2, -0.15) is 13.2 Å². The maximum Gasteiger partial charge on any atom is 0.422 e. The first kappa shape index (κ1) is 18.7. The molecular weight excluding hydrogens is 367 g/mol. The van der Waals surface area contributed by atoms with Crippen LogP contribution >= 0.6 is 11.6 Å². The van der Waals surface area contributed by atoms with E-state index in [9.17, 15) is 26.7 Å². The molecule has 0 saturated heterocycles. The topological polar surface area (TPSA) is 66.4 Å². The number of nitrogens with one attached hydrogen (secondary N) is 1. The van der Waals surface area contributed by atoms with Gasteiger partial charge in [0.25, 0.3) is 0 Å². The van der Waals surface area contributed by atoms with Gasteiger partial charge >= 0.3 is 6.18 Å². The fourth-order valence-corrected chi connectivity index (χ4v) is 3.60. The Labute approximate surface area is 141 Å². The molecule has 2 aromatic rings. The molecule has 2 rings (SSSR count). The molecule has 0 spiro atoms. The molecule has 1 atom stereocenters. The summed E-state index contributed by atoms with van der Waals surface area (Å²) < 4.78 is 66.2. The monoisotopic (exact) mass is 379 g/mol. The van der Waals surface area contributed by atoms with Gasteiger partial charge in [0.2, 0.25) is 10.0 Å². The molecule has 0 bridgehead atoms. The van der Waals surface area contributed by atoms with Gasteiger partial charge in [-0.25, -0.2) is 13.1 Å². The summed E-state index contributed by atoms with van der Waals surface area (Å²) in [5, 5.41) is 9.98. The van der Waals surface area contributed by atoms with Crippen LogP contribution in [0.25, 0.3) is 0 Å². The zero-order valence-corrected chi connectivity index (χ0v) is 13.7. The van der Waals surface area contributed by atoms with Crippen LogP contribution < -0.4 is 4.72 Å². The number of hydrogen-bond acceptors (Lipinski definition) is 3. The predicted molar refractivity (Wildman–Crippen MR) is 83.0 cm³/mol. The van der Waals surface area contributed by atoms with Crippen molar-refractivity contribution in [2.75, 3.05) is 6.54 Å². The van der Waals surface area contributed by atoms with Crippen LogP contribution in [0.2, 0.25) is 5.02 Å². The zero-order chi connectivity index (χ0) is 18.0. The molecule has 0 aliphatic heterocycles. The average molecular weight is 380 g/mol. The summed E-state index contributed by atoms with van der Waals surface area (Å²) in [6, 6.07) is 11.6. The Morgan fingerprint density at radius 1 is 1.00 bits per heavy atom. The molecular formula is C15H13ClF3NO3S. The first-order valence-corrected chi connectivity index (χ1v) is 8.53. The summed E-state index contributed by atoms with van der Waals surface area (Å²) in [5.74, 6) is 0. The first-order chi connectivity index (χ1) is 11.1. The second kappa shape index (κ2) is 6.72. The third-order valence-electron chi connectivity index (χ3n) is 3.36. The fraction of sp³-hybridized carbons (Fsp3) is 0.200. The summed E-state index contributed by atoms with van der Waals surface area (Å²) >= 11 is 5.76. The summed E-state index contributed by atoms with van der Waals surface area (Å²) in [7, 11) is -4.33. The molecule has 0 unspecified atom stereocenters. The SMILES string of the molecule is O=S(=O)(NC[C@](O)(c1ccccc1)C(F)(F)F)c1ccccc1Cl. The van der Waals surface area contributed by atoms with Gasteiger partial charge in [0.05, 0.1) is 11.6 Å². The van der Waals surface area contributed by atoms with Crippen LogP contribution in [-0.2, 0) is 15.6 Å². The van der Waals surface area contributed by atoms with E-state index in [0.717, 1.165) is 18.2 Å². The molecule has 2 aromatic carbocycles. The number of sulfonamides is 1. The lowest BCUT2D eigenvalue weighted by Crippen LogP contribution is -2.51. The minimum absolute atomic E-state index is 0.139.